The van der Waals surface area contributed by atoms with E-state index in [4.69, 9.17) is 9.47 Å². The Morgan fingerprint density at radius 1 is 1.00 bits per heavy atom. The SMILES string of the molecule is COc1cc(NS(=O)(=O)c2ccc(C)cc2F)cc(OC)c1C. The summed E-state index contributed by atoms with van der Waals surface area (Å²) in [6.07, 6.45) is 0. The first kappa shape index (κ1) is 17.1. The van der Waals surface area contributed by atoms with Gasteiger partial charge in [0.1, 0.15) is 22.2 Å². The first-order valence-corrected chi connectivity index (χ1v) is 8.28. The highest BCUT2D eigenvalue weighted by Crippen LogP contribution is 2.33. The van der Waals surface area contributed by atoms with Crippen molar-refractivity contribution in [1.29, 1.82) is 0 Å². The van der Waals surface area contributed by atoms with E-state index in [-0.39, 0.29) is 5.69 Å². The van der Waals surface area contributed by atoms with Crippen LogP contribution < -0.4 is 14.2 Å². The van der Waals surface area contributed by atoms with E-state index in [9.17, 15) is 12.8 Å². The van der Waals surface area contributed by atoms with E-state index in [1.165, 1.54) is 44.6 Å². The molecular weight excluding hydrogens is 321 g/mol. The number of ether oxygens (including phenoxy) is 2. The van der Waals surface area contributed by atoms with Crippen LogP contribution >= 0.6 is 0 Å². The van der Waals surface area contributed by atoms with Crippen LogP contribution in [0.1, 0.15) is 11.1 Å². The number of rotatable bonds is 5. The molecule has 0 spiro atoms. The van der Waals surface area contributed by atoms with Gasteiger partial charge in [-0.05, 0) is 31.5 Å². The van der Waals surface area contributed by atoms with Gasteiger partial charge in [0.05, 0.1) is 19.9 Å². The zero-order valence-electron chi connectivity index (χ0n) is 13.3. The first-order chi connectivity index (χ1) is 10.8. The molecule has 0 radical (unpaired) electrons. The van der Waals surface area contributed by atoms with Gasteiger partial charge in [-0.2, -0.15) is 0 Å². The average molecular weight is 339 g/mol. The summed E-state index contributed by atoms with van der Waals surface area (Å²) < 4.78 is 51.4. The summed E-state index contributed by atoms with van der Waals surface area (Å²) in [6.45, 7) is 3.47. The zero-order valence-corrected chi connectivity index (χ0v) is 14.1. The number of sulfonamides is 1. The molecule has 0 fully saturated rings. The van der Waals surface area contributed by atoms with Gasteiger partial charge in [0.25, 0.3) is 10.0 Å². The lowest BCUT2D eigenvalue weighted by Crippen LogP contribution is -2.15. The summed E-state index contributed by atoms with van der Waals surface area (Å²) in [4.78, 5) is -0.415. The van der Waals surface area contributed by atoms with E-state index in [0.29, 0.717) is 17.1 Å². The van der Waals surface area contributed by atoms with Crippen molar-refractivity contribution in [3.05, 3.63) is 47.3 Å². The van der Waals surface area contributed by atoms with Crippen LogP contribution in [0.15, 0.2) is 35.2 Å². The molecule has 2 aromatic carbocycles. The molecule has 0 saturated carbocycles. The molecule has 2 rings (SSSR count). The lowest BCUT2D eigenvalue weighted by Gasteiger charge is -2.14. The fourth-order valence-corrected chi connectivity index (χ4v) is 3.28. The van der Waals surface area contributed by atoms with E-state index in [0.717, 1.165) is 5.56 Å². The molecule has 0 amide bonds. The molecule has 5 nitrogen and oxygen atoms in total. The van der Waals surface area contributed by atoms with Gasteiger partial charge in [-0.3, -0.25) is 4.72 Å². The van der Waals surface area contributed by atoms with Crippen LogP contribution in [-0.4, -0.2) is 22.6 Å². The van der Waals surface area contributed by atoms with Crippen molar-refractivity contribution in [2.45, 2.75) is 18.7 Å². The molecule has 0 heterocycles. The molecule has 2 aromatic rings. The Bertz CT molecular complexity index is 809. The van der Waals surface area contributed by atoms with E-state index in [1.54, 1.807) is 13.8 Å². The van der Waals surface area contributed by atoms with E-state index >= 15 is 0 Å². The van der Waals surface area contributed by atoms with Gasteiger partial charge in [-0.25, -0.2) is 12.8 Å². The van der Waals surface area contributed by atoms with E-state index < -0.39 is 20.7 Å². The molecule has 7 heteroatoms. The minimum Gasteiger partial charge on any atom is -0.496 e. The largest absolute Gasteiger partial charge is 0.496 e. The monoisotopic (exact) mass is 339 g/mol. The van der Waals surface area contributed by atoms with Crippen molar-refractivity contribution in [2.24, 2.45) is 0 Å². The topological polar surface area (TPSA) is 64.6 Å². The Kier molecular flexibility index (Phi) is 4.79. The predicted molar refractivity (Wildman–Crippen MR) is 86.2 cm³/mol. The minimum atomic E-state index is -4.06. The molecule has 0 aliphatic rings. The summed E-state index contributed by atoms with van der Waals surface area (Å²) in [5.41, 5.74) is 1.60. The third-order valence-corrected chi connectivity index (χ3v) is 4.80. The summed E-state index contributed by atoms with van der Waals surface area (Å²) >= 11 is 0. The van der Waals surface area contributed by atoms with Crippen LogP contribution in [0.2, 0.25) is 0 Å². The maximum absolute atomic E-state index is 13.9. The summed E-state index contributed by atoms with van der Waals surface area (Å²) in [5, 5.41) is 0. The second-order valence-corrected chi connectivity index (χ2v) is 6.70. The molecule has 124 valence electrons. The van der Waals surface area contributed by atoms with Gasteiger partial charge >= 0.3 is 0 Å². The summed E-state index contributed by atoms with van der Waals surface area (Å²) in [5.74, 6) is 0.126. The highest BCUT2D eigenvalue weighted by Gasteiger charge is 2.20. The second-order valence-electron chi connectivity index (χ2n) is 5.05. The smallest absolute Gasteiger partial charge is 0.264 e. The minimum absolute atomic E-state index is 0.226. The Hall–Kier alpha value is -2.28. The van der Waals surface area contributed by atoms with Crippen LogP contribution in [0.3, 0.4) is 0 Å². The predicted octanol–water partition coefficient (Wildman–Crippen LogP) is 3.26. The fourth-order valence-electron chi connectivity index (χ4n) is 2.18. The molecule has 0 aromatic heterocycles. The maximum atomic E-state index is 13.9. The zero-order chi connectivity index (χ0) is 17.2. The van der Waals surface area contributed by atoms with E-state index in [1.807, 2.05) is 0 Å². The number of hydrogen-bond acceptors (Lipinski definition) is 4. The number of methoxy groups -OCH3 is 2. The van der Waals surface area contributed by atoms with Gasteiger partial charge < -0.3 is 9.47 Å². The van der Waals surface area contributed by atoms with Gasteiger partial charge in [0.2, 0.25) is 0 Å². The highest BCUT2D eigenvalue weighted by molar-refractivity contribution is 7.92. The molecule has 0 saturated heterocycles. The lowest BCUT2D eigenvalue weighted by atomic mass is 10.2. The number of nitrogens with one attached hydrogen (secondary N) is 1. The van der Waals surface area contributed by atoms with Gasteiger partial charge in [0, 0.05) is 17.7 Å². The van der Waals surface area contributed by atoms with Crippen LogP contribution in [0, 0.1) is 19.7 Å². The van der Waals surface area contributed by atoms with Crippen molar-refractivity contribution >= 4 is 15.7 Å². The molecule has 23 heavy (non-hydrogen) atoms. The third kappa shape index (κ3) is 3.56. The van der Waals surface area contributed by atoms with Crippen molar-refractivity contribution in [1.82, 2.24) is 0 Å². The molecule has 0 bridgehead atoms. The van der Waals surface area contributed by atoms with E-state index in [2.05, 4.69) is 4.72 Å². The number of halogens is 1. The highest BCUT2D eigenvalue weighted by atomic mass is 32.2. The van der Waals surface area contributed by atoms with Gasteiger partial charge in [0.15, 0.2) is 0 Å². The number of benzene rings is 2. The summed E-state index contributed by atoms with van der Waals surface area (Å²) in [7, 11) is -1.12. The normalized spacial score (nSPS) is 11.2. The number of aryl methyl sites for hydroxylation is 1. The molecule has 1 N–H and O–H groups in total. The first-order valence-electron chi connectivity index (χ1n) is 6.80. The molecule has 0 aliphatic carbocycles. The van der Waals surface area contributed by atoms with Gasteiger partial charge in [-0.1, -0.05) is 6.07 Å². The lowest BCUT2D eigenvalue weighted by molar-refractivity contribution is 0.389. The number of anilines is 1. The van der Waals surface area contributed by atoms with Crippen molar-refractivity contribution in [3.8, 4) is 11.5 Å². The Balaban J connectivity index is 2.45. The van der Waals surface area contributed by atoms with Crippen LogP contribution in [0.4, 0.5) is 10.1 Å². The van der Waals surface area contributed by atoms with Crippen molar-refractivity contribution in [3.63, 3.8) is 0 Å². The van der Waals surface area contributed by atoms with Crippen LogP contribution in [-0.2, 0) is 10.0 Å². The quantitative estimate of drug-likeness (QED) is 0.908. The molecule has 0 atom stereocenters. The Morgan fingerprint density at radius 2 is 1.57 bits per heavy atom. The molecular formula is C16H18FNO4S. The summed E-state index contributed by atoms with van der Waals surface area (Å²) in [6, 6.07) is 6.97. The second kappa shape index (κ2) is 6.45. The Labute approximate surface area is 135 Å². The number of hydrogen-bond donors (Lipinski definition) is 1. The average Bonchev–Trinajstić information content (AvgIpc) is 2.48. The third-order valence-electron chi connectivity index (χ3n) is 3.38. The van der Waals surface area contributed by atoms with Crippen molar-refractivity contribution in [2.75, 3.05) is 18.9 Å². The van der Waals surface area contributed by atoms with Crippen LogP contribution in [0.25, 0.3) is 0 Å². The fraction of sp³-hybridized carbons (Fsp3) is 0.250. The molecule has 0 unspecified atom stereocenters. The Morgan fingerprint density at radius 3 is 2.04 bits per heavy atom. The van der Waals surface area contributed by atoms with Crippen LogP contribution in [0.5, 0.6) is 11.5 Å². The molecule has 0 aliphatic heterocycles. The maximum Gasteiger partial charge on any atom is 0.264 e. The standard InChI is InChI=1S/C16H18FNO4S/c1-10-5-6-16(13(17)7-10)23(19,20)18-12-8-14(21-3)11(2)15(9-12)22-4/h5-9,18H,1-4H3. The van der Waals surface area contributed by atoms with Crippen molar-refractivity contribution < 1.29 is 22.3 Å². The van der Waals surface area contributed by atoms with Gasteiger partial charge in [-0.15, -0.1) is 0 Å².